The average Bonchev–Trinajstić information content (AvgIpc) is 2.77. The van der Waals surface area contributed by atoms with Gasteiger partial charge in [-0.3, -0.25) is 9.59 Å². The predicted octanol–water partition coefficient (Wildman–Crippen LogP) is 3.12. The molecule has 2 aromatic rings. The Balaban J connectivity index is 1.40. The Labute approximate surface area is 171 Å². The maximum atomic E-state index is 12.9. The first-order chi connectivity index (χ1) is 14.1. The first-order valence-corrected chi connectivity index (χ1v) is 10.1. The van der Waals surface area contributed by atoms with Crippen LogP contribution in [0.25, 0.3) is 0 Å². The van der Waals surface area contributed by atoms with Gasteiger partial charge in [-0.05, 0) is 56.2 Å². The number of anilines is 1. The van der Waals surface area contributed by atoms with E-state index in [4.69, 9.17) is 9.47 Å². The highest BCUT2D eigenvalue weighted by atomic mass is 16.5. The largest absolute Gasteiger partial charge is 0.494 e. The van der Waals surface area contributed by atoms with Gasteiger partial charge < -0.3 is 19.3 Å². The number of carbonyl (C=O) groups is 2. The minimum Gasteiger partial charge on any atom is -0.494 e. The van der Waals surface area contributed by atoms with Gasteiger partial charge in [0.15, 0.2) is 0 Å². The number of hydrogen-bond donors (Lipinski definition) is 0. The number of para-hydroxylation sites is 1. The molecular formula is C23H26N2O4. The van der Waals surface area contributed by atoms with Crippen LogP contribution in [0.4, 0.5) is 5.69 Å². The summed E-state index contributed by atoms with van der Waals surface area (Å²) in [5.74, 6) is 0.771. The van der Waals surface area contributed by atoms with Crippen LogP contribution in [0.3, 0.4) is 0 Å². The van der Waals surface area contributed by atoms with E-state index in [0.717, 1.165) is 11.4 Å². The fourth-order valence-corrected chi connectivity index (χ4v) is 4.02. The Hall–Kier alpha value is -2.86. The highest BCUT2D eigenvalue weighted by Gasteiger charge is 2.43. The zero-order valence-electron chi connectivity index (χ0n) is 16.7. The van der Waals surface area contributed by atoms with Crippen molar-refractivity contribution in [3.8, 4) is 5.75 Å². The third-order valence-electron chi connectivity index (χ3n) is 5.69. The van der Waals surface area contributed by atoms with Crippen molar-refractivity contribution in [3.63, 3.8) is 0 Å². The third kappa shape index (κ3) is 4.12. The van der Waals surface area contributed by atoms with Crippen molar-refractivity contribution < 1.29 is 19.1 Å². The summed E-state index contributed by atoms with van der Waals surface area (Å²) in [6.07, 6.45) is 1.43. The molecule has 0 aromatic heterocycles. The normalized spacial score (nSPS) is 18.7. The lowest BCUT2D eigenvalue weighted by Crippen LogP contribution is -2.59. The number of morpholine rings is 1. The number of carbonyl (C=O) groups excluding carboxylic acids is 2. The molecule has 6 heteroatoms. The Morgan fingerprint density at radius 2 is 1.76 bits per heavy atom. The number of ether oxygens (including phenoxy) is 2. The van der Waals surface area contributed by atoms with Crippen LogP contribution in [0.2, 0.25) is 0 Å². The Morgan fingerprint density at radius 1 is 1.07 bits per heavy atom. The maximum absolute atomic E-state index is 12.9. The van der Waals surface area contributed by atoms with Gasteiger partial charge in [0.25, 0.3) is 11.8 Å². The van der Waals surface area contributed by atoms with Gasteiger partial charge >= 0.3 is 0 Å². The van der Waals surface area contributed by atoms with E-state index in [1.165, 1.54) is 0 Å². The molecule has 1 spiro atoms. The number of hydrogen-bond acceptors (Lipinski definition) is 4. The summed E-state index contributed by atoms with van der Waals surface area (Å²) in [6.45, 7) is 4.38. The summed E-state index contributed by atoms with van der Waals surface area (Å²) >= 11 is 0. The van der Waals surface area contributed by atoms with E-state index < -0.39 is 0 Å². The summed E-state index contributed by atoms with van der Waals surface area (Å²) in [7, 11) is 0. The molecule has 0 atom stereocenters. The lowest BCUT2D eigenvalue weighted by molar-refractivity contribution is -0.143. The minimum atomic E-state index is -0.390. The van der Waals surface area contributed by atoms with E-state index >= 15 is 0 Å². The molecule has 0 unspecified atom stereocenters. The van der Waals surface area contributed by atoms with Crippen LogP contribution < -0.4 is 9.64 Å². The van der Waals surface area contributed by atoms with E-state index in [1.54, 1.807) is 0 Å². The Kier molecular flexibility index (Phi) is 5.53. The van der Waals surface area contributed by atoms with E-state index in [2.05, 4.69) is 0 Å². The van der Waals surface area contributed by atoms with E-state index in [9.17, 15) is 9.59 Å². The summed E-state index contributed by atoms with van der Waals surface area (Å²) in [5, 5.41) is 0. The van der Waals surface area contributed by atoms with Crippen LogP contribution in [-0.4, -0.2) is 55.2 Å². The van der Waals surface area contributed by atoms with Gasteiger partial charge in [0, 0.05) is 24.3 Å². The van der Waals surface area contributed by atoms with Gasteiger partial charge in [0.2, 0.25) is 0 Å². The average molecular weight is 394 g/mol. The van der Waals surface area contributed by atoms with Crippen LogP contribution >= 0.6 is 0 Å². The van der Waals surface area contributed by atoms with Crippen molar-refractivity contribution in [3.05, 3.63) is 60.2 Å². The number of rotatable bonds is 4. The molecule has 0 saturated carbocycles. The maximum Gasteiger partial charge on any atom is 0.253 e. The zero-order valence-corrected chi connectivity index (χ0v) is 16.7. The van der Waals surface area contributed by atoms with E-state index in [-0.39, 0.29) is 24.0 Å². The second-order valence-corrected chi connectivity index (χ2v) is 7.54. The molecule has 6 nitrogen and oxygen atoms in total. The Morgan fingerprint density at radius 3 is 2.41 bits per heavy atom. The lowest BCUT2D eigenvalue weighted by Gasteiger charge is -2.47. The summed E-state index contributed by atoms with van der Waals surface area (Å²) in [5.41, 5.74) is 1.17. The van der Waals surface area contributed by atoms with Gasteiger partial charge in [-0.15, -0.1) is 0 Å². The molecule has 152 valence electrons. The van der Waals surface area contributed by atoms with Crippen LogP contribution in [0.1, 0.15) is 30.1 Å². The number of nitrogens with zero attached hydrogens (tertiary/aromatic N) is 2. The van der Waals surface area contributed by atoms with Gasteiger partial charge in [-0.2, -0.15) is 0 Å². The highest BCUT2D eigenvalue weighted by molar-refractivity contribution is 5.95. The molecule has 2 aliphatic heterocycles. The van der Waals surface area contributed by atoms with Gasteiger partial charge in [-0.25, -0.2) is 0 Å². The number of amides is 2. The molecule has 2 fully saturated rings. The molecule has 2 saturated heterocycles. The van der Waals surface area contributed by atoms with Gasteiger partial charge in [-0.1, -0.05) is 18.2 Å². The third-order valence-corrected chi connectivity index (χ3v) is 5.69. The molecule has 29 heavy (non-hydrogen) atoms. The molecule has 0 N–H and O–H groups in total. The molecular weight excluding hydrogens is 368 g/mol. The first-order valence-electron chi connectivity index (χ1n) is 10.1. The van der Waals surface area contributed by atoms with Crippen molar-refractivity contribution in [2.45, 2.75) is 25.4 Å². The lowest BCUT2D eigenvalue weighted by atomic mass is 9.88. The SMILES string of the molecule is CCOc1ccc(C(=O)N2CCC3(CC2)CN(c2ccccc2)C(=O)CO3)cc1. The highest BCUT2D eigenvalue weighted by Crippen LogP contribution is 2.33. The number of piperidine rings is 1. The molecule has 2 amide bonds. The monoisotopic (exact) mass is 394 g/mol. The minimum absolute atomic E-state index is 0.0188. The van der Waals surface area contributed by atoms with E-state index in [1.807, 2.05) is 71.3 Å². The fraction of sp³-hybridized carbons (Fsp3) is 0.391. The van der Waals surface area contributed by atoms with Crippen molar-refractivity contribution in [2.75, 3.05) is 37.7 Å². The second-order valence-electron chi connectivity index (χ2n) is 7.54. The molecule has 4 rings (SSSR count). The molecule has 2 aromatic carbocycles. The van der Waals surface area contributed by atoms with Crippen molar-refractivity contribution in [1.82, 2.24) is 4.90 Å². The van der Waals surface area contributed by atoms with Crippen molar-refractivity contribution >= 4 is 17.5 Å². The summed E-state index contributed by atoms with van der Waals surface area (Å²) in [6, 6.07) is 17.0. The zero-order chi connectivity index (χ0) is 20.3. The first kappa shape index (κ1) is 19.5. The van der Waals surface area contributed by atoms with Crippen LogP contribution in [0, 0.1) is 0 Å². The van der Waals surface area contributed by atoms with Crippen LogP contribution in [0.5, 0.6) is 5.75 Å². The molecule has 2 aliphatic rings. The van der Waals surface area contributed by atoms with Crippen LogP contribution in [-0.2, 0) is 9.53 Å². The molecule has 0 aliphatic carbocycles. The summed E-state index contributed by atoms with van der Waals surface area (Å²) in [4.78, 5) is 28.9. The fourth-order valence-electron chi connectivity index (χ4n) is 4.02. The van der Waals surface area contributed by atoms with Gasteiger partial charge in [0.05, 0.1) is 18.8 Å². The predicted molar refractivity (Wildman–Crippen MR) is 110 cm³/mol. The molecule has 2 heterocycles. The van der Waals surface area contributed by atoms with E-state index in [0.29, 0.717) is 44.6 Å². The van der Waals surface area contributed by atoms with Crippen molar-refractivity contribution in [1.29, 1.82) is 0 Å². The number of benzene rings is 2. The van der Waals surface area contributed by atoms with Gasteiger partial charge in [0.1, 0.15) is 12.4 Å². The number of likely N-dealkylation sites (tertiary alicyclic amines) is 1. The topological polar surface area (TPSA) is 59.1 Å². The molecule has 0 bridgehead atoms. The summed E-state index contributed by atoms with van der Waals surface area (Å²) < 4.78 is 11.4. The standard InChI is InChI=1S/C23H26N2O4/c1-2-28-20-10-8-18(9-11-20)22(27)24-14-12-23(13-15-24)17-25(21(26)16-29-23)19-6-4-3-5-7-19/h3-11H,2,12-17H2,1H3. The van der Waals surface area contributed by atoms with Crippen molar-refractivity contribution in [2.24, 2.45) is 0 Å². The smallest absolute Gasteiger partial charge is 0.253 e. The molecule has 0 radical (unpaired) electrons. The quantitative estimate of drug-likeness (QED) is 0.800. The van der Waals surface area contributed by atoms with Crippen LogP contribution in [0.15, 0.2) is 54.6 Å². The Bertz CT molecular complexity index is 858. The second kappa shape index (κ2) is 8.25.